The molecule has 1 aliphatic heterocycles. The molecule has 8 heteroatoms. The van der Waals surface area contributed by atoms with Crippen molar-refractivity contribution in [3.05, 3.63) is 76.7 Å². The number of amides is 1. The number of nitrogens with zero attached hydrogens (tertiary/aromatic N) is 2. The largest absolute Gasteiger partial charge is 0.355 e. The first kappa shape index (κ1) is 24.9. The van der Waals surface area contributed by atoms with Crippen molar-refractivity contribution in [1.29, 1.82) is 0 Å². The molecule has 1 saturated heterocycles. The van der Waals surface area contributed by atoms with Crippen LogP contribution < -0.4 is 5.32 Å². The van der Waals surface area contributed by atoms with Crippen LogP contribution in [-0.2, 0) is 21.2 Å². The van der Waals surface area contributed by atoms with Crippen LogP contribution in [0.2, 0.25) is 0 Å². The summed E-state index contributed by atoms with van der Waals surface area (Å²) in [6.45, 7) is 6.24. The van der Waals surface area contributed by atoms with Crippen LogP contribution in [0.4, 0.5) is 5.69 Å². The molecule has 0 spiro atoms. The number of nitrogens with one attached hydrogen (secondary N) is 1. The minimum atomic E-state index is -3.81. The number of aromatic nitrogens is 1. The Morgan fingerprint density at radius 1 is 1.11 bits per heavy atom. The van der Waals surface area contributed by atoms with Crippen LogP contribution in [0.25, 0.3) is 12.2 Å². The molecule has 3 aromatic rings. The SMILES string of the molecule is CCc1cccc(NC(=O)C2CCN(S(=O)(=O)c3c(C)noc3C=Cc3ccc(C)cc3)CC2)c1. The summed E-state index contributed by atoms with van der Waals surface area (Å²) >= 11 is 0. The fraction of sp³-hybridized carbons (Fsp3) is 0.333. The lowest BCUT2D eigenvalue weighted by Crippen LogP contribution is -2.41. The van der Waals surface area contributed by atoms with Crippen LogP contribution in [0.5, 0.6) is 0 Å². The first-order chi connectivity index (χ1) is 16.8. The van der Waals surface area contributed by atoms with Gasteiger partial charge in [-0.2, -0.15) is 4.31 Å². The Morgan fingerprint density at radius 2 is 1.83 bits per heavy atom. The molecular formula is C27H31N3O4S. The highest BCUT2D eigenvalue weighted by atomic mass is 32.2. The van der Waals surface area contributed by atoms with E-state index in [4.69, 9.17) is 4.52 Å². The smallest absolute Gasteiger partial charge is 0.248 e. The van der Waals surface area contributed by atoms with Crippen LogP contribution in [-0.4, -0.2) is 36.9 Å². The Morgan fingerprint density at radius 3 is 2.51 bits per heavy atom. The van der Waals surface area contributed by atoms with Crippen molar-refractivity contribution >= 4 is 33.8 Å². The number of benzene rings is 2. The second kappa shape index (κ2) is 10.6. The van der Waals surface area contributed by atoms with Gasteiger partial charge in [0.2, 0.25) is 15.9 Å². The number of hydrogen-bond donors (Lipinski definition) is 1. The molecule has 1 aliphatic rings. The molecule has 4 rings (SSSR count). The molecule has 7 nitrogen and oxygen atoms in total. The van der Waals surface area contributed by atoms with Crippen LogP contribution in [0.3, 0.4) is 0 Å². The molecule has 0 atom stereocenters. The fourth-order valence-electron chi connectivity index (χ4n) is 4.25. The number of carbonyl (C=O) groups excluding carboxylic acids is 1. The molecule has 0 unspecified atom stereocenters. The Labute approximate surface area is 206 Å². The van der Waals surface area contributed by atoms with Gasteiger partial charge in [-0.1, -0.05) is 60.1 Å². The standard InChI is InChI=1S/C27H31N3O4S/c1-4-21-6-5-7-24(18-21)28-27(31)23-14-16-30(17-15-23)35(32,33)26-20(3)29-34-25(26)13-12-22-10-8-19(2)9-11-22/h5-13,18,23H,4,14-17H2,1-3H3,(H,28,31). The molecule has 35 heavy (non-hydrogen) atoms. The molecule has 1 fully saturated rings. The average molecular weight is 494 g/mol. The number of carbonyl (C=O) groups is 1. The normalized spacial score (nSPS) is 15.5. The average Bonchev–Trinajstić information content (AvgIpc) is 3.25. The molecule has 0 saturated carbocycles. The molecule has 2 heterocycles. The van der Waals surface area contributed by atoms with Crippen molar-refractivity contribution in [3.8, 4) is 0 Å². The second-order valence-corrected chi connectivity index (χ2v) is 10.8. The summed E-state index contributed by atoms with van der Waals surface area (Å²) in [6.07, 6.45) is 5.25. The molecule has 1 amide bonds. The predicted octanol–water partition coefficient (Wildman–Crippen LogP) is 5.06. The van der Waals surface area contributed by atoms with Crippen LogP contribution in [0.15, 0.2) is 57.9 Å². The van der Waals surface area contributed by atoms with Gasteiger partial charge in [-0.3, -0.25) is 4.79 Å². The highest BCUT2D eigenvalue weighted by molar-refractivity contribution is 7.89. The van der Waals surface area contributed by atoms with Crippen LogP contribution in [0, 0.1) is 19.8 Å². The third kappa shape index (κ3) is 5.71. The Bertz CT molecular complexity index is 1320. The van der Waals surface area contributed by atoms with Crippen molar-refractivity contribution in [3.63, 3.8) is 0 Å². The highest BCUT2D eigenvalue weighted by Gasteiger charge is 2.35. The zero-order chi connectivity index (χ0) is 25.0. The highest BCUT2D eigenvalue weighted by Crippen LogP contribution is 2.29. The molecule has 184 valence electrons. The summed E-state index contributed by atoms with van der Waals surface area (Å²) in [5, 5.41) is 6.89. The molecule has 0 aliphatic carbocycles. The van der Waals surface area contributed by atoms with Gasteiger partial charge in [0.05, 0.1) is 0 Å². The van der Waals surface area contributed by atoms with E-state index < -0.39 is 10.0 Å². The molecular weight excluding hydrogens is 462 g/mol. The Balaban J connectivity index is 1.44. The van der Waals surface area contributed by atoms with E-state index in [9.17, 15) is 13.2 Å². The summed E-state index contributed by atoms with van der Waals surface area (Å²) in [7, 11) is -3.81. The monoisotopic (exact) mass is 493 g/mol. The van der Waals surface area contributed by atoms with E-state index in [0.717, 1.165) is 28.8 Å². The van der Waals surface area contributed by atoms with E-state index >= 15 is 0 Å². The van der Waals surface area contributed by atoms with Crippen molar-refractivity contribution in [2.75, 3.05) is 18.4 Å². The van der Waals surface area contributed by atoms with Crippen molar-refractivity contribution in [2.24, 2.45) is 5.92 Å². The van der Waals surface area contributed by atoms with Crippen molar-refractivity contribution < 1.29 is 17.7 Å². The van der Waals surface area contributed by atoms with E-state index in [1.807, 2.05) is 61.5 Å². The first-order valence-corrected chi connectivity index (χ1v) is 13.3. The molecule has 0 bridgehead atoms. The van der Waals surface area contributed by atoms with Gasteiger partial charge in [-0.25, -0.2) is 8.42 Å². The summed E-state index contributed by atoms with van der Waals surface area (Å²) < 4.78 is 33.7. The third-order valence-electron chi connectivity index (χ3n) is 6.36. The lowest BCUT2D eigenvalue weighted by molar-refractivity contribution is -0.120. The topological polar surface area (TPSA) is 92.5 Å². The van der Waals surface area contributed by atoms with Crippen molar-refractivity contribution in [1.82, 2.24) is 9.46 Å². The van der Waals surface area contributed by atoms with Gasteiger partial charge in [-0.05, 0) is 62.4 Å². The fourth-order valence-corrected chi connectivity index (χ4v) is 5.97. The van der Waals surface area contributed by atoms with Gasteiger partial charge in [0.1, 0.15) is 5.69 Å². The zero-order valence-corrected chi connectivity index (χ0v) is 21.1. The second-order valence-electron chi connectivity index (χ2n) is 8.93. The van der Waals surface area contributed by atoms with Crippen LogP contribution in [0.1, 0.15) is 47.9 Å². The summed E-state index contributed by atoms with van der Waals surface area (Å²) in [5.41, 5.74) is 4.33. The van der Waals surface area contributed by atoms with Gasteiger partial charge >= 0.3 is 0 Å². The molecule has 1 N–H and O–H groups in total. The minimum absolute atomic E-state index is 0.0711. The lowest BCUT2D eigenvalue weighted by Gasteiger charge is -2.30. The van der Waals surface area contributed by atoms with Crippen LogP contribution >= 0.6 is 0 Å². The zero-order valence-electron chi connectivity index (χ0n) is 20.3. The van der Waals surface area contributed by atoms with Gasteiger partial charge in [0, 0.05) is 24.7 Å². The maximum Gasteiger partial charge on any atom is 0.248 e. The molecule has 2 aromatic carbocycles. The van der Waals surface area contributed by atoms with Gasteiger partial charge in [0.25, 0.3) is 0 Å². The van der Waals surface area contributed by atoms with Gasteiger partial charge < -0.3 is 9.84 Å². The Hall–Kier alpha value is -3.23. The lowest BCUT2D eigenvalue weighted by atomic mass is 9.97. The third-order valence-corrected chi connectivity index (χ3v) is 8.42. The van der Waals surface area contributed by atoms with E-state index in [1.165, 1.54) is 4.31 Å². The van der Waals surface area contributed by atoms with Gasteiger partial charge in [-0.15, -0.1) is 0 Å². The Kier molecular flexibility index (Phi) is 7.52. The van der Waals surface area contributed by atoms with E-state index in [-0.39, 0.29) is 35.6 Å². The van der Waals surface area contributed by atoms with E-state index in [2.05, 4.69) is 17.4 Å². The quantitative estimate of drug-likeness (QED) is 0.496. The number of piperidine rings is 1. The molecule has 1 aromatic heterocycles. The molecule has 0 radical (unpaired) electrons. The maximum absolute atomic E-state index is 13.5. The summed E-state index contributed by atoms with van der Waals surface area (Å²) in [6, 6.07) is 15.7. The summed E-state index contributed by atoms with van der Waals surface area (Å²) in [4.78, 5) is 12.9. The predicted molar refractivity (Wildman–Crippen MR) is 137 cm³/mol. The minimum Gasteiger partial charge on any atom is -0.355 e. The van der Waals surface area contributed by atoms with Crippen molar-refractivity contribution in [2.45, 2.75) is 44.9 Å². The number of hydrogen-bond acceptors (Lipinski definition) is 5. The number of aryl methyl sites for hydroxylation is 3. The van der Waals surface area contributed by atoms with E-state index in [1.54, 1.807) is 13.0 Å². The first-order valence-electron chi connectivity index (χ1n) is 11.9. The number of sulfonamides is 1. The summed E-state index contributed by atoms with van der Waals surface area (Å²) in [5.74, 6) is -0.104. The maximum atomic E-state index is 13.5. The van der Waals surface area contributed by atoms with E-state index in [0.29, 0.717) is 18.5 Å². The van der Waals surface area contributed by atoms with Gasteiger partial charge in [0.15, 0.2) is 10.7 Å². The number of rotatable bonds is 7. The number of anilines is 1.